The monoisotopic (exact) mass is 325 g/mol. The summed E-state index contributed by atoms with van der Waals surface area (Å²) < 4.78 is 25.6. The number of hydrogen-bond acceptors (Lipinski definition) is 4. The fraction of sp³-hybridized carbons (Fsp3) is 0.533. The van der Waals surface area contributed by atoms with Crippen molar-refractivity contribution in [2.75, 3.05) is 26.7 Å². The first-order valence-electron chi connectivity index (χ1n) is 7.40. The third-order valence-electron chi connectivity index (χ3n) is 3.92. The Bertz CT molecular complexity index is 613. The number of amides is 1. The summed E-state index contributed by atoms with van der Waals surface area (Å²) in [7, 11) is -1.96. The van der Waals surface area contributed by atoms with Crippen molar-refractivity contribution >= 4 is 15.9 Å². The Morgan fingerprint density at radius 2 is 2.00 bits per heavy atom. The Kier molecular flexibility index (Phi) is 5.55. The minimum atomic E-state index is -3.37. The van der Waals surface area contributed by atoms with Crippen molar-refractivity contribution in [2.24, 2.45) is 5.92 Å². The molecule has 1 atom stereocenters. The van der Waals surface area contributed by atoms with Gasteiger partial charge in [-0.1, -0.05) is 12.1 Å². The summed E-state index contributed by atoms with van der Waals surface area (Å²) in [6, 6.07) is 6.97. The molecule has 1 aromatic rings. The summed E-state index contributed by atoms with van der Waals surface area (Å²) in [6.07, 6.45) is 1.08. The lowest BCUT2D eigenvalue weighted by atomic mass is 10.1. The third-order valence-corrected chi connectivity index (χ3v) is 5.35. The number of benzene rings is 1. The van der Waals surface area contributed by atoms with Crippen molar-refractivity contribution in [1.82, 2.24) is 14.9 Å². The standard InChI is InChI=1S/C15H23N3O3S/c1-12(19)17-9-14-7-8-18(11-14)10-13-3-5-15(6-4-13)22(20,21)16-2/h3-6,14,16H,7-11H2,1-2H3,(H,17,19)/t14-/m1/s1. The maximum atomic E-state index is 11.7. The number of rotatable bonds is 6. The molecule has 2 N–H and O–H groups in total. The van der Waals surface area contributed by atoms with E-state index >= 15 is 0 Å². The molecule has 1 aliphatic heterocycles. The van der Waals surface area contributed by atoms with E-state index in [2.05, 4.69) is 14.9 Å². The van der Waals surface area contributed by atoms with Gasteiger partial charge in [0.15, 0.2) is 0 Å². The first kappa shape index (κ1) is 16.9. The fourth-order valence-corrected chi connectivity index (χ4v) is 3.39. The number of hydrogen-bond donors (Lipinski definition) is 2. The first-order chi connectivity index (χ1) is 10.4. The van der Waals surface area contributed by atoms with E-state index in [0.717, 1.165) is 38.2 Å². The van der Waals surface area contributed by atoms with Gasteiger partial charge < -0.3 is 5.32 Å². The first-order valence-corrected chi connectivity index (χ1v) is 8.88. The molecule has 1 aliphatic rings. The summed E-state index contributed by atoms with van der Waals surface area (Å²) in [4.78, 5) is 13.5. The van der Waals surface area contributed by atoms with Gasteiger partial charge in [0.1, 0.15) is 0 Å². The molecule has 0 saturated carbocycles. The van der Waals surface area contributed by atoms with E-state index in [1.807, 2.05) is 12.1 Å². The molecule has 22 heavy (non-hydrogen) atoms. The minimum absolute atomic E-state index is 0.0137. The lowest BCUT2D eigenvalue weighted by molar-refractivity contribution is -0.119. The van der Waals surface area contributed by atoms with Crippen molar-refractivity contribution in [3.8, 4) is 0 Å². The highest BCUT2D eigenvalue weighted by Crippen LogP contribution is 2.19. The van der Waals surface area contributed by atoms with Crippen LogP contribution in [0.4, 0.5) is 0 Å². The molecular weight excluding hydrogens is 302 g/mol. The highest BCUT2D eigenvalue weighted by Gasteiger charge is 2.22. The molecule has 1 amide bonds. The van der Waals surface area contributed by atoms with E-state index in [1.54, 1.807) is 12.1 Å². The van der Waals surface area contributed by atoms with E-state index in [9.17, 15) is 13.2 Å². The maximum absolute atomic E-state index is 11.7. The second-order valence-electron chi connectivity index (χ2n) is 5.68. The Labute approximate surface area is 131 Å². The lowest BCUT2D eigenvalue weighted by Crippen LogP contribution is -2.29. The topological polar surface area (TPSA) is 78.5 Å². The van der Waals surface area contributed by atoms with Gasteiger partial charge in [-0.05, 0) is 43.6 Å². The number of nitrogens with zero attached hydrogens (tertiary/aromatic N) is 1. The van der Waals surface area contributed by atoms with Crippen molar-refractivity contribution in [2.45, 2.75) is 24.8 Å². The molecule has 0 aliphatic carbocycles. The lowest BCUT2D eigenvalue weighted by Gasteiger charge is -2.16. The molecule has 1 heterocycles. The van der Waals surface area contributed by atoms with Gasteiger partial charge in [-0.2, -0.15) is 0 Å². The smallest absolute Gasteiger partial charge is 0.240 e. The van der Waals surface area contributed by atoms with Crippen LogP contribution in [0.15, 0.2) is 29.2 Å². The zero-order valence-electron chi connectivity index (χ0n) is 13.0. The largest absolute Gasteiger partial charge is 0.356 e. The summed E-state index contributed by atoms with van der Waals surface area (Å²) in [6.45, 7) is 5.02. The van der Waals surface area contributed by atoms with Gasteiger partial charge in [0.2, 0.25) is 15.9 Å². The molecule has 1 saturated heterocycles. The Morgan fingerprint density at radius 1 is 1.32 bits per heavy atom. The number of nitrogens with one attached hydrogen (secondary N) is 2. The molecule has 1 fully saturated rings. The predicted molar refractivity (Wildman–Crippen MR) is 84.8 cm³/mol. The van der Waals surface area contributed by atoms with Crippen molar-refractivity contribution in [3.05, 3.63) is 29.8 Å². The molecule has 0 unspecified atom stereocenters. The van der Waals surface area contributed by atoms with Crippen LogP contribution in [-0.4, -0.2) is 45.9 Å². The van der Waals surface area contributed by atoms with Crippen LogP contribution in [0.1, 0.15) is 18.9 Å². The summed E-state index contributed by atoms with van der Waals surface area (Å²) in [5.74, 6) is 0.507. The Balaban J connectivity index is 1.88. The van der Waals surface area contributed by atoms with E-state index in [1.165, 1.54) is 14.0 Å². The number of carbonyl (C=O) groups excluding carboxylic acids is 1. The molecule has 6 nitrogen and oxygen atoms in total. The normalized spacial score (nSPS) is 19.3. The van der Waals surface area contributed by atoms with Gasteiger partial charge in [-0.25, -0.2) is 13.1 Å². The highest BCUT2D eigenvalue weighted by molar-refractivity contribution is 7.89. The SMILES string of the molecule is CNS(=O)(=O)c1ccc(CN2CC[C@H](CNC(C)=O)C2)cc1. The van der Waals surface area contributed by atoms with Gasteiger partial charge in [-0.3, -0.25) is 9.69 Å². The number of sulfonamides is 1. The van der Waals surface area contributed by atoms with Crippen molar-refractivity contribution in [1.29, 1.82) is 0 Å². The molecule has 1 aromatic carbocycles. The van der Waals surface area contributed by atoms with Crippen LogP contribution in [0.3, 0.4) is 0 Å². The summed E-state index contributed by atoms with van der Waals surface area (Å²) >= 11 is 0. The molecule has 0 radical (unpaired) electrons. The molecule has 122 valence electrons. The molecule has 0 spiro atoms. The zero-order valence-corrected chi connectivity index (χ0v) is 13.8. The van der Waals surface area contributed by atoms with Gasteiger partial charge in [0.05, 0.1) is 4.90 Å². The van der Waals surface area contributed by atoms with Crippen molar-refractivity contribution in [3.63, 3.8) is 0 Å². The van der Waals surface area contributed by atoms with Crippen molar-refractivity contribution < 1.29 is 13.2 Å². The summed E-state index contributed by atoms with van der Waals surface area (Å²) in [5.41, 5.74) is 1.09. The molecule has 0 bridgehead atoms. The number of likely N-dealkylation sites (tertiary alicyclic amines) is 1. The Hall–Kier alpha value is -1.44. The van der Waals surface area contributed by atoms with E-state index in [4.69, 9.17) is 0 Å². The van der Waals surface area contributed by atoms with E-state index < -0.39 is 10.0 Å². The quantitative estimate of drug-likeness (QED) is 0.801. The maximum Gasteiger partial charge on any atom is 0.240 e. The van der Waals surface area contributed by atoms with Crippen LogP contribution in [0, 0.1) is 5.92 Å². The second-order valence-corrected chi connectivity index (χ2v) is 7.56. The number of carbonyl (C=O) groups is 1. The third kappa shape index (κ3) is 4.53. The minimum Gasteiger partial charge on any atom is -0.356 e. The van der Waals surface area contributed by atoms with Gasteiger partial charge >= 0.3 is 0 Å². The highest BCUT2D eigenvalue weighted by atomic mass is 32.2. The van der Waals surface area contributed by atoms with Crippen LogP contribution >= 0.6 is 0 Å². The van der Waals surface area contributed by atoms with Gasteiger partial charge in [0, 0.05) is 26.6 Å². The van der Waals surface area contributed by atoms with Gasteiger partial charge in [0.25, 0.3) is 0 Å². The van der Waals surface area contributed by atoms with Crippen LogP contribution in [0.5, 0.6) is 0 Å². The van der Waals surface area contributed by atoms with Crippen LogP contribution in [0.25, 0.3) is 0 Å². The average Bonchev–Trinajstić information content (AvgIpc) is 2.93. The predicted octanol–water partition coefficient (Wildman–Crippen LogP) is 0.553. The molecule has 7 heteroatoms. The Morgan fingerprint density at radius 3 is 2.59 bits per heavy atom. The molecule has 0 aromatic heterocycles. The van der Waals surface area contributed by atoms with E-state index in [0.29, 0.717) is 5.92 Å². The van der Waals surface area contributed by atoms with Gasteiger partial charge in [-0.15, -0.1) is 0 Å². The van der Waals surface area contributed by atoms with Crippen LogP contribution < -0.4 is 10.0 Å². The van der Waals surface area contributed by atoms with Crippen LogP contribution in [0.2, 0.25) is 0 Å². The van der Waals surface area contributed by atoms with E-state index in [-0.39, 0.29) is 10.8 Å². The molecule has 2 rings (SSSR count). The summed E-state index contributed by atoms with van der Waals surface area (Å²) in [5, 5.41) is 2.86. The average molecular weight is 325 g/mol. The zero-order chi connectivity index (χ0) is 16.2. The second kappa shape index (κ2) is 7.21. The molecular formula is C15H23N3O3S. The fourth-order valence-electron chi connectivity index (χ4n) is 2.66. The van der Waals surface area contributed by atoms with Crippen LogP contribution in [-0.2, 0) is 21.4 Å².